The number of imidazole rings is 1. The lowest BCUT2D eigenvalue weighted by molar-refractivity contribution is 0.550. The molecule has 0 saturated carbocycles. The molecule has 1 unspecified atom stereocenters. The van der Waals surface area contributed by atoms with Crippen molar-refractivity contribution in [1.82, 2.24) is 9.55 Å². The van der Waals surface area contributed by atoms with Crippen LogP contribution in [0.2, 0.25) is 0 Å². The standard InChI is InChI=1S/C9H14N2/c1-3-5-9(4-2)11-7-6-10-8-11/h4,6-9H,2-3,5H2,1H3. The molecule has 1 aromatic rings. The van der Waals surface area contributed by atoms with E-state index < -0.39 is 0 Å². The third-order valence-electron chi connectivity index (χ3n) is 1.76. The summed E-state index contributed by atoms with van der Waals surface area (Å²) in [6.07, 6.45) is 9.89. The molecule has 60 valence electrons. The summed E-state index contributed by atoms with van der Waals surface area (Å²) in [5.41, 5.74) is 0. The Morgan fingerprint density at radius 2 is 2.55 bits per heavy atom. The number of rotatable bonds is 4. The molecular formula is C9H14N2. The van der Waals surface area contributed by atoms with E-state index in [0.717, 1.165) is 6.42 Å². The molecule has 0 saturated heterocycles. The van der Waals surface area contributed by atoms with Crippen LogP contribution in [0.5, 0.6) is 0 Å². The number of allylic oxidation sites excluding steroid dienone is 1. The van der Waals surface area contributed by atoms with Crippen LogP contribution in [0.4, 0.5) is 0 Å². The molecule has 0 aliphatic rings. The Bertz CT molecular complexity index is 201. The monoisotopic (exact) mass is 150 g/mol. The van der Waals surface area contributed by atoms with Crippen molar-refractivity contribution in [2.24, 2.45) is 0 Å². The van der Waals surface area contributed by atoms with Gasteiger partial charge in [0.25, 0.3) is 0 Å². The van der Waals surface area contributed by atoms with E-state index in [1.54, 1.807) is 6.20 Å². The lowest BCUT2D eigenvalue weighted by atomic mass is 10.2. The molecule has 0 amide bonds. The summed E-state index contributed by atoms with van der Waals surface area (Å²) in [4.78, 5) is 3.99. The fourth-order valence-electron chi connectivity index (χ4n) is 1.15. The summed E-state index contributed by atoms with van der Waals surface area (Å²) >= 11 is 0. The molecule has 2 heteroatoms. The van der Waals surface area contributed by atoms with Crippen LogP contribution in [0.3, 0.4) is 0 Å². The van der Waals surface area contributed by atoms with Gasteiger partial charge in [0.15, 0.2) is 0 Å². The summed E-state index contributed by atoms with van der Waals surface area (Å²) in [5.74, 6) is 0. The predicted octanol–water partition coefficient (Wildman–Crippen LogP) is 2.41. The zero-order valence-electron chi connectivity index (χ0n) is 6.90. The van der Waals surface area contributed by atoms with Gasteiger partial charge in [0.05, 0.1) is 12.4 Å². The Labute approximate surface area is 67.6 Å². The quantitative estimate of drug-likeness (QED) is 0.603. The predicted molar refractivity (Wildman–Crippen MR) is 46.4 cm³/mol. The number of nitrogens with zero attached hydrogens (tertiary/aromatic N) is 2. The molecule has 0 N–H and O–H groups in total. The molecule has 2 nitrogen and oxygen atoms in total. The van der Waals surface area contributed by atoms with Gasteiger partial charge in [0.1, 0.15) is 0 Å². The first-order valence-electron chi connectivity index (χ1n) is 3.98. The zero-order chi connectivity index (χ0) is 8.10. The second-order valence-electron chi connectivity index (χ2n) is 2.60. The molecule has 0 aromatic carbocycles. The molecule has 0 bridgehead atoms. The highest BCUT2D eigenvalue weighted by molar-refractivity contribution is 4.89. The van der Waals surface area contributed by atoms with Crippen LogP contribution < -0.4 is 0 Å². The smallest absolute Gasteiger partial charge is 0.0951 e. The van der Waals surface area contributed by atoms with E-state index >= 15 is 0 Å². The Kier molecular flexibility index (Phi) is 2.90. The topological polar surface area (TPSA) is 17.8 Å². The Morgan fingerprint density at radius 3 is 3.00 bits per heavy atom. The molecule has 11 heavy (non-hydrogen) atoms. The van der Waals surface area contributed by atoms with Crippen molar-refractivity contribution < 1.29 is 0 Å². The molecule has 1 aromatic heterocycles. The number of hydrogen-bond donors (Lipinski definition) is 0. The summed E-state index contributed by atoms with van der Waals surface area (Å²) in [7, 11) is 0. The van der Waals surface area contributed by atoms with Crippen LogP contribution in [0.15, 0.2) is 31.4 Å². The molecule has 1 atom stereocenters. The fraction of sp³-hybridized carbons (Fsp3) is 0.444. The van der Waals surface area contributed by atoms with Crippen LogP contribution in [0, 0.1) is 0 Å². The summed E-state index contributed by atoms with van der Waals surface area (Å²) < 4.78 is 2.08. The van der Waals surface area contributed by atoms with E-state index in [-0.39, 0.29) is 0 Å². The largest absolute Gasteiger partial charge is 0.331 e. The van der Waals surface area contributed by atoms with Gasteiger partial charge in [0.2, 0.25) is 0 Å². The summed E-state index contributed by atoms with van der Waals surface area (Å²) in [6, 6.07) is 0.419. The first-order valence-corrected chi connectivity index (χ1v) is 3.98. The average Bonchev–Trinajstić information content (AvgIpc) is 2.52. The van der Waals surface area contributed by atoms with Crippen molar-refractivity contribution >= 4 is 0 Å². The van der Waals surface area contributed by atoms with E-state index in [9.17, 15) is 0 Å². The maximum atomic E-state index is 3.99. The first-order chi connectivity index (χ1) is 5.38. The van der Waals surface area contributed by atoms with E-state index in [0.29, 0.717) is 6.04 Å². The van der Waals surface area contributed by atoms with E-state index in [2.05, 4.69) is 23.1 Å². The molecule has 1 rings (SSSR count). The zero-order valence-corrected chi connectivity index (χ0v) is 6.90. The minimum Gasteiger partial charge on any atom is -0.331 e. The van der Waals surface area contributed by atoms with Crippen LogP contribution in [-0.2, 0) is 0 Å². The maximum Gasteiger partial charge on any atom is 0.0951 e. The Hall–Kier alpha value is -1.05. The fourth-order valence-corrected chi connectivity index (χ4v) is 1.15. The van der Waals surface area contributed by atoms with Gasteiger partial charge in [-0.05, 0) is 6.42 Å². The molecule has 0 radical (unpaired) electrons. The van der Waals surface area contributed by atoms with Crippen LogP contribution in [-0.4, -0.2) is 9.55 Å². The Morgan fingerprint density at radius 1 is 1.73 bits per heavy atom. The molecule has 0 fully saturated rings. The van der Waals surface area contributed by atoms with Crippen molar-refractivity contribution in [3.05, 3.63) is 31.4 Å². The first kappa shape index (κ1) is 8.05. The van der Waals surface area contributed by atoms with Gasteiger partial charge < -0.3 is 4.57 Å². The molecular weight excluding hydrogens is 136 g/mol. The van der Waals surface area contributed by atoms with Gasteiger partial charge in [0, 0.05) is 12.4 Å². The highest BCUT2D eigenvalue weighted by atomic mass is 15.0. The number of hydrogen-bond acceptors (Lipinski definition) is 1. The van der Waals surface area contributed by atoms with Crippen LogP contribution >= 0.6 is 0 Å². The van der Waals surface area contributed by atoms with Gasteiger partial charge in [-0.1, -0.05) is 19.4 Å². The van der Waals surface area contributed by atoms with Gasteiger partial charge in [-0.15, -0.1) is 6.58 Å². The molecule has 0 aliphatic heterocycles. The van der Waals surface area contributed by atoms with Crippen molar-refractivity contribution in [3.8, 4) is 0 Å². The molecule has 0 aliphatic carbocycles. The minimum atomic E-state index is 0.419. The highest BCUT2D eigenvalue weighted by Crippen LogP contribution is 2.13. The van der Waals surface area contributed by atoms with E-state index in [1.807, 2.05) is 18.6 Å². The average molecular weight is 150 g/mol. The van der Waals surface area contributed by atoms with Gasteiger partial charge in [-0.2, -0.15) is 0 Å². The lowest BCUT2D eigenvalue weighted by Crippen LogP contribution is -2.02. The highest BCUT2D eigenvalue weighted by Gasteiger charge is 2.02. The third-order valence-corrected chi connectivity index (χ3v) is 1.76. The van der Waals surface area contributed by atoms with Crippen LogP contribution in [0.1, 0.15) is 25.8 Å². The lowest BCUT2D eigenvalue weighted by Gasteiger charge is -2.11. The maximum absolute atomic E-state index is 3.99. The van der Waals surface area contributed by atoms with Gasteiger partial charge >= 0.3 is 0 Å². The summed E-state index contributed by atoms with van der Waals surface area (Å²) in [5, 5.41) is 0. The van der Waals surface area contributed by atoms with Crippen LogP contribution in [0.25, 0.3) is 0 Å². The van der Waals surface area contributed by atoms with Gasteiger partial charge in [-0.3, -0.25) is 0 Å². The second-order valence-corrected chi connectivity index (χ2v) is 2.60. The van der Waals surface area contributed by atoms with Crippen molar-refractivity contribution in [3.63, 3.8) is 0 Å². The SMILES string of the molecule is C=CC(CCC)n1ccnc1. The van der Waals surface area contributed by atoms with Crippen molar-refractivity contribution in [1.29, 1.82) is 0 Å². The normalized spacial score (nSPS) is 12.8. The second kappa shape index (κ2) is 3.96. The Balaban J connectivity index is 2.63. The molecule has 1 heterocycles. The molecule has 0 spiro atoms. The number of aromatic nitrogens is 2. The minimum absolute atomic E-state index is 0.419. The van der Waals surface area contributed by atoms with Crippen molar-refractivity contribution in [2.45, 2.75) is 25.8 Å². The van der Waals surface area contributed by atoms with E-state index in [4.69, 9.17) is 0 Å². The van der Waals surface area contributed by atoms with Gasteiger partial charge in [-0.25, -0.2) is 4.98 Å². The van der Waals surface area contributed by atoms with E-state index in [1.165, 1.54) is 6.42 Å². The summed E-state index contributed by atoms with van der Waals surface area (Å²) in [6.45, 7) is 5.96. The van der Waals surface area contributed by atoms with Crippen molar-refractivity contribution in [2.75, 3.05) is 0 Å². The third kappa shape index (κ3) is 1.93.